The normalized spacial score (nSPS) is 19.1. The van der Waals surface area contributed by atoms with Gasteiger partial charge in [-0.25, -0.2) is 9.59 Å². The monoisotopic (exact) mass is 417 g/mol. The predicted molar refractivity (Wildman–Crippen MR) is 108 cm³/mol. The van der Waals surface area contributed by atoms with Crippen molar-refractivity contribution in [3.05, 3.63) is 47.3 Å². The minimum absolute atomic E-state index is 0.0300. The van der Waals surface area contributed by atoms with E-state index in [4.69, 9.17) is 23.7 Å². The molecule has 1 unspecified atom stereocenters. The highest BCUT2D eigenvalue weighted by Crippen LogP contribution is 2.42. The zero-order valence-corrected chi connectivity index (χ0v) is 17.7. The molecule has 8 nitrogen and oxygen atoms in total. The molecule has 1 fully saturated rings. The Kier molecular flexibility index (Phi) is 6.99. The summed E-state index contributed by atoms with van der Waals surface area (Å²) in [5, 5.41) is 0. The largest absolute Gasteiger partial charge is 0.497 e. The van der Waals surface area contributed by atoms with Crippen molar-refractivity contribution in [2.75, 3.05) is 41.6 Å². The molecule has 0 aromatic heterocycles. The molecule has 1 aromatic carbocycles. The van der Waals surface area contributed by atoms with Gasteiger partial charge < -0.3 is 28.6 Å². The molecule has 2 aliphatic heterocycles. The second kappa shape index (κ2) is 9.67. The van der Waals surface area contributed by atoms with Crippen molar-refractivity contribution < 1.29 is 33.3 Å². The lowest BCUT2D eigenvalue weighted by atomic mass is 9.82. The van der Waals surface area contributed by atoms with Crippen LogP contribution in [0.25, 0.3) is 0 Å². The molecule has 8 heteroatoms. The first-order valence-corrected chi connectivity index (χ1v) is 9.71. The van der Waals surface area contributed by atoms with E-state index in [0.717, 1.165) is 12.8 Å². The van der Waals surface area contributed by atoms with E-state index in [1.807, 2.05) is 0 Å². The molecule has 0 radical (unpaired) electrons. The van der Waals surface area contributed by atoms with Gasteiger partial charge in [0.15, 0.2) is 0 Å². The predicted octanol–water partition coefficient (Wildman–Crippen LogP) is 2.40. The van der Waals surface area contributed by atoms with Gasteiger partial charge in [-0.05, 0) is 18.9 Å². The third-order valence-electron chi connectivity index (χ3n) is 5.26. The topological polar surface area (TPSA) is 83.5 Å². The molecule has 3 rings (SSSR count). The fraction of sp³-hybridized carbons (Fsp3) is 0.455. The van der Waals surface area contributed by atoms with Crippen LogP contribution in [0.1, 0.15) is 24.3 Å². The number of carbonyl (C=O) groups is 2. The summed E-state index contributed by atoms with van der Waals surface area (Å²) in [5.41, 5.74) is 1.24. The van der Waals surface area contributed by atoms with E-state index in [1.165, 1.54) is 21.3 Å². The zero-order chi connectivity index (χ0) is 21.7. The molecule has 0 saturated carbocycles. The number of nitrogens with zero attached hydrogens (tertiary/aromatic N) is 1. The number of methoxy groups -OCH3 is 4. The first kappa shape index (κ1) is 21.7. The van der Waals surface area contributed by atoms with Gasteiger partial charge >= 0.3 is 11.9 Å². The Morgan fingerprint density at radius 1 is 1.03 bits per heavy atom. The summed E-state index contributed by atoms with van der Waals surface area (Å²) in [5.74, 6) is -0.712. The molecular formula is C22H27NO7. The van der Waals surface area contributed by atoms with Gasteiger partial charge in [0.2, 0.25) is 0 Å². The summed E-state index contributed by atoms with van der Waals surface area (Å²) in [6.45, 7) is 1.23. The number of esters is 2. The van der Waals surface area contributed by atoms with Crippen LogP contribution in [-0.2, 0) is 23.8 Å². The van der Waals surface area contributed by atoms with E-state index in [9.17, 15) is 9.59 Å². The van der Waals surface area contributed by atoms with Crippen molar-refractivity contribution in [2.24, 2.45) is 0 Å². The van der Waals surface area contributed by atoms with E-state index in [1.54, 1.807) is 42.6 Å². The van der Waals surface area contributed by atoms with E-state index >= 15 is 0 Å². The molecule has 1 atom stereocenters. The number of carbonyl (C=O) groups excluding carboxylic acids is 2. The van der Waals surface area contributed by atoms with Crippen molar-refractivity contribution in [1.82, 2.24) is 4.90 Å². The van der Waals surface area contributed by atoms with Crippen LogP contribution in [0.3, 0.4) is 0 Å². The van der Waals surface area contributed by atoms with E-state index < -0.39 is 17.9 Å². The standard InChI is InChI=1S/C22H27NO7/c1-26-14-7-8-16(19(10-14)27-2)20-17(21(24)28-3)12-23(11-15-6-5-9-30-15)13-18(20)22(25)29-4/h7-8,10,12-13,15,20H,5-6,9,11H2,1-4H3. The summed E-state index contributed by atoms with van der Waals surface area (Å²) < 4.78 is 26.6. The third kappa shape index (κ3) is 4.43. The van der Waals surface area contributed by atoms with Gasteiger partial charge in [-0.2, -0.15) is 0 Å². The minimum Gasteiger partial charge on any atom is -0.497 e. The van der Waals surface area contributed by atoms with Crippen molar-refractivity contribution in [1.29, 1.82) is 0 Å². The van der Waals surface area contributed by atoms with E-state index in [2.05, 4.69) is 0 Å². The zero-order valence-electron chi connectivity index (χ0n) is 17.7. The molecule has 0 aliphatic carbocycles. The number of ether oxygens (including phenoxy) is 5. The smallest absolute Gasteiger partial charge is 0.336 e. The lowest BCUT2D eigenvalue weighted by Crippen LogP contribution is -2.32. The summed E-state index contributed by atoms with van der Waals surface area (Å²) in [6, 6.07) is 5.23. The van der Waals surface area contributed by atoms with Crippen LogP contribution >= 0.6 is 0 Å². The van der Waals surface area contributed by atoms with Gasteiger partial charge in [-0.1, -0.05) is 6.07 Å². The first-order valence-electron chi connectivity index (χ1n) is 9.71. The second-order valence-electron chi connectivity index (χ2n) is 7.02. The first-order chi connectivity index (χ1) is 14.5. The van der Waals surface area contributed by atoms with Gasteiger partial charge in [0.1, 0.15) is 11.5 Å². The molecule has 1 saturated heterocycles. The molecule has 0 N–H and O–H groups in total. The van der Waals surface area contributed by atoms with Crippen molar-refractivity contribution in [3.63, 3.8) is 0 Å². The molecule has 162 valence electrons. The number of hydrogen-bond acceptors (Lipinski definition) is 8. The van der Waals surface area contributed by atoms with Crippen LogP contribution in [-0.4, -0.2) is 64.5 Å². The molecule has 30 heavy (non-hydrogen) atoms. The second-order valence-corrected chi connectivity index (χ2v) is 7.02. The van der Waals surface area contributed by atoms with Gasteiger partial charge in [-0.15, -0.1) is 0 Å². The highest BCUT2D eigenvalue weighted by atomic mass is 16.5. The van der Waals surface area contributed by atoms with Gasteiger partial charge in [0, 0.05) is 37.2 Å². The summed E-state index contributed by atoms with van der Waals surface area (Å²) >= 11 is 0. The van der Waals surface area contributed by atoms with Crippen LogP contribution in [0, 0.1) is 0 Å². The Labute approximate surface area is 176 Å². The molecular weight excluding hydrogens is 390 g/mol. The fourth-order valence-electron chi connectivity index (χ4n) is 3.81. The molecule has 1 aromatic rings. The summed E-state index contributed by atoms with van der Waals surface area (Å²) in [4.78, 5) is 27.2. The minimum atomic E-state index is -0.716. The maximum atomic E-state index is 12.7. The Balaban J connectivity index is 2.09. The van der Waals surface area contributed by atoms with Crippen LogP contribution in [0.15, 0.2) is 41.7 Å². The van der Waals surface area contributed by atoms with Crippen molar-refractivity contribution >= 4 is 11.9 Å². The van der Waals surface area contributed by atoms with Gasteiger partial charge in [0.25, 0.3) is 0 Å². The lowest BCUT2D eigenvalue weighted by molar-refractivity contribution is -0.137. The van der Waals surface area contributed by atoms with Crippen LogP contribution in [0.2, 0.25) is 0 Å². The lowest BCUT2D eigenvalue weighted by Gasteiger charge is -2.31. The van der Waals surface area contributed by atoms with Crippen LogP contribution in [0.4, 0.5) is 0 Å². The Morgan fingerprint density at radius 3 is 2.20 bits per heavy atom. The average Bonchev–Trinajstić information content (AvgIpc) is 3.30. The molecule has 0 amide bonds. The van der Waals surface area contributed by atoms with E-state index in [0.29, 0.717) is 41.4 Å². The molecule has 0 bridgehead atoms. The molecule has 2 heterocycles. The number of rotatable bonds is 7. The van der Waals surface area contributed by atoms with Gasteiger partial charge in [-0.3, -0.25) is 0 Å². The quantitative estimate of drug-likeness (QED) is 0.626. The molecule has 2 aliphatic rings. The van der Waals surface area contributed by atoms with Crippen LogP contribution < -0.4 is 9.47 Å². The number of hydrogen-bond donors (Lipinski definition) is 0. The summed E-state index contributed by atoms with van der Waals surface area (Å²) in [6.07, 6.45) is 5.35. The summed E-state index contributed by atoms with van der Waals surface area (Å²) in [7, 11) is 5.70. The Hall–Kier alpha value is -3.00. The van der Waals surface area contributed by atoms with E-state index in [-0.39, 0.29) is 6.10 Å². The maximum absolute atomic E-state index is 12.7. The Bertz CT molecular complexity index is 821. The highest BCUT2D eigenvalue weighted by molar-refractivity contribution is 5.98. The maximum Gasteiger partial charge on any atom is 0.336 e. The van der Waals surface area contributed by atoms with Crippen molar-refractivity contribution in [2.45, 2.75) is 24.9 Å². The SMILES string of the molecule is COC(=O)C1=CN(CC2CCCO2)C=C(C(=O)OC)C1c1ccc(OC)cc1OC. The molecule has 0 spiro atoms. The van der Waals surface area contributed by atoms with Crippen LogP contribution in [0.5, 0.6) is 11.5 Å². The average molecular weight is 417 g/mol. The highest BCUT2D eigenvalue weighted by Gasteiger charge is 2.37. The van der Waals surface area contributed by atoms with Crippen molar-refractivity contribution in [3.8, 4) is 11.5 Å². The fourth-order valence-corrected chi connectivity index (χ4v) is 3.81. The Morgan fingerprint density at radius 2 is 1.70 bits per heavy atom. The van der Waals surface area contributed by atoms with Gasteiger partial charge in [0.05, 0.1) is 51.6 Å². The third-order valence-corrected chi connectivity index (χ3v) is 5.26. The number of benzene rings is 1.